The predicted octanol–water partition coefficient (Wildman–Crippen LogP) is 2.56. The van der Waals surface area contributed by atoms with Gasteiger partial charge in [0.2, 0.25) is 5.13 Å². The number of rotatable bonds is 3. The van der Waals surface area contributed by atoms with Gasteiger partial charge in [0, 0.05) is 42.3 Å². The van der Waals surface area contributed by atoms with Gasteiger partial charge in [-0.05, 0) is 18.6 Å². The lowest BCUT2D eigenvalue weighted by Gasteiger charge is -2.16. The van der Waals surface area contributed by atoms with E-state index in [0.29, 0.717) is 12.2 Å². The van der Waals surface area contributed by atoms with Crippen LogP contribution in [0.4, 0.5) is 5.13 Å². The van der Waals surface area contributed by atoms with Crippen LogP contribution in [0.3, 0.4) is 0 Å². The van der Waals surface area contributed by atoms with E-state index in [9.17, 15) is 4.79 Å². The van der Waals surface area contributed by atoms with Crippen LogP contribution in [0.15, 0.2) is 24.4 Å². The zero-order valence-corrected chi connectivity index (χ0v) is 14.4. The number of carbonyl (C=O) groups excluding carboxylic acids is 1. The molecule has 0 aromatic carbocycles. The van der Waals surface area contributed by atoms with E-state index < -0.39 is 0 Å². The zero-order chi connectivity index (χ0) is 16.4. The first kappa shape index (κ1) is 15.9. The SMILES string of the molecule is CC(C)(C)c1nsc(NC2CCN(C(=O)c3ccccn3)C2)n1. The fourth-order valence-corrected chi connectivity index (χ4v) is 3.31. The summed E-state index contributed by atoms with van der Waals surface area (Å²) in [5, 5.41) is 4.23. The van der Waals surface area contributed by atoms with Crippen LogP contribution < -0.4 is 5.32 Å². The lowest BCUT2D eigenvalue weighted by molar-refractivity contribution is 0.0786. The molecular weight excluding hydrogens is 310 g/mol. The van der Waals surface area contributed by atoms with Crippen molar-refractivity contribution < 1.29 is 4.79 Å². The third-order valence-electron chi connectivity index (χ3n) is 3.78. The molecule has 0 bridgehead atoms. The molecule has 0 saturated carbocycles. The Balaban J connectivity index is 1.60. The molecule has 1 unspecified atom stereocenters. The summed E-state index contributed by atoms with van der Waals surface area (Å²) >= 11 is 1.38. The third-order valence-corrected chi connectivity index (χ3v) is 4.43. The van der Waals surface area contributed by atoms with E-state index in [1.165, 1.54) is 11.5 Å². The topological polar surface area (TPSA) is 71.0 Å². The van der Waals surface area contributed by atoms with Crippen LogP contribution in [-0.2, 0) is 5.41 Å². The van der Waals surface area contributed by atoms with Crippen LogP contribution in [0.2, 0.25) is 0 Å². The predicted molar refractivity (Wildman–Crippen MR) is 90.8 cm³/mol. The molecule has 2 aromatic heterocycles. The number of nitrogens with one attached hydrogen (secondary N) is 1. The Morgan fingerprint density at radius 1 is 1.39 bits per heavy atom. The van der Waals surface area contributed by atoms with Crippen molar-refractivity contribution in [2.75, 3.05) is 18.4 Å². The maximum absolute atomic E-state index is 12.4. The normalized spacial score (nSPS) is 18.2. The van der Waals surface area contributed by atoms with Gasteiger partial charge in [-0.2, -0.15) is 4.37 Å². The van der Waals surface area contributed by atoms with Gasteiger partial charge in [-0.1, -0.05) is 26.8 Å². The van der Waals surface area contributed by atoms with Crippen molar-refractivity contribution in [1.29, 1.82) is 0 Å². The molecule has 122 valence electrons. The van der Waals surface area contributed by atoms with Crippen LogP contribution in [0, 0.1) is 0 Å². The van der Waals surface area contributed by atoms with E-state index in [-0.39, 0.29) is 17.4 Å². The molecule has 0 radical (unpaired) electrons. The Morgan fingerprint density at radius 2 is 2.22 bits per heavy atom. The van der Waals surface area contributed by atoms with Crippen LogP contribution in [0.25, 0.3) is 0 Å². The van der Waals surface area contributed by atoms with Gasteiger partial charge < -0.3 is 10.2 Å². The fourth-order valence-electron chi connectivity index (χ4n) is 2.48. The minimum Gasteiger partial charge on any atom is -0.356 e. The Morgan fingerprint density at radius 3 is 2.87 bits per heavy atom. The minimum atomic E-state index is -0.0485. The Kier molecular flexibility index (Phi) is 4.30. The van der Waals surface area contributed by atoms with Crippen LogP contribution in [0.5, 0.6) is 0 Å². The highest BCUT2D eigenvalue weighted by Gasteiger charge is 2.28. The van der Waals surface area contributed by atoms with Crippen molar-refractivity contribution >= 4 is 22.6 Å². The number of pyridine rings is 1. The second kappa shape index (κ2) is 6.23. The van der Waals surface area contributed by atoms with Gasteiger partial charge >= 0.3 is 0 Å². The average molecular weight is 331 g/mol. The summed E-state index contributed by atoms with van der Waals surface area (Å²) in [7, 11) is 0. The van der Waals surface area contributed by atoms with E-state index in [2.05, 4.69) is 40.4 Å². The minimum absolute atomic E-state index is 0.0115. The Labute approximate surface area is 140 Å². The highest BCUT2D eigenvalue weighted by Crippen LogP contribution is 2.24. The van der Waals surface area contributed by atoms with Gasteiger partial charge in [-0.25, -0.2) is 4.98 Å². The third kappa shape index (κ3) is 3.67. The first-order chi connectivity index (χ1) is 10.9. The standard InChI is InChI=1S/C16H21N5OS/c1-16(2,3)14-19-15(23-20-14)18-11-7-9-21(10-11)13(22)12-6-4-5-8-17-12/h4-6,8,11H,7,9-10H2,1-3H3,(H,18,19,20). The van der Waals surface area contributed by atoms with Crippen LogP contribution in [-0.4, -0.2) is 44.3 Å². The summed E-state index contributed by atoms with van der Waals surface area (Å²) < 4.78 is 4.41. The number of aromatic nitrogens is 3. The maximum atomic E-state index is 12.4. The molecule has 1 amide bonds. The van der Waals surface area contributed by atoms with Gasteiger partial charge in [-0.15, -0.1) is 0 Å². The summed E-state index contributed by atoms with van der Waals surface area (Å²) in [6.45, 7) is 7.70. The smallest absolute Gasteiger partial charge is 0.272 e. The first-order valence-corrected chi connectivity index (χ1v) is 8.52. The molecule has 0 aliphatic carbocycles. The molecule has 3 heterocycles. The summed E-state index contributed by atoms with van der Waals surface area (Å²) in [4.78, 5) is 22.9. The highest BCUT2D eigenvalue weighted by atomic mass is 32.1. The molecule has 1 aliphatic heterocycles. The number of likely N-dealkylation sites (tertiary alicyclic amines) is 1. The van der Waals surface area contributed by atoms with Gasteiger partial charge in [0.1, 0.15) is 11.5 Å². The van der Waals surface area contributed by atoms with Gasteiger partial charge in [0.25, 0.3) is 5.91 Å². The maximum Gasteiger partial charge on any atom is 0.272 e. The van der Waals surface area contributed by atoms with Crippen molar-refractivity contribution in [1.82, 2.24) is 19.2 Å². The lowest BCUT2D eigenvalue weighted by Crippen LogP contribution is -2.32. The van der Waals surface area contributed by atoms with E-state index in [1.807, 2.05) is 17.0 Å². The van der Waals surface area contributed by atoms with Crippen molar-refractivity contribution in [2.24, 2.45) is 0 Å². The number of hydrogen-bond donors (Lipinski definition) is 1. The molecule has 7 heteroatoms. The average Bonchev–Trinajstić information content (AvgIpc) is 3.17. The summed E-state index contributed by atoms with van der Waals surface area (Å²) in [6, 6.07) is 5.61. The molecule has 1 aliphatic rings. The van der Waals surface area contributed by atoms with Crippen molar-refractivity contribution in [3.05, 3.63) is 35.9 Å². The molecule has 1 fully saturated rings. The van der Waals surface area contributed by atoms with E-state index in [0.717, 1.165) is 23.9 Å². The van der Waals surface area contributed by atoms with Gasteiger partial charge in [-0.3, -0.25) is 9.78 Å². The molecule has 6 nitrogen and oxygen atoms in total. The number of amides is 1. The highest BCUT2D eigenvalue weighted by molar-refractivity contribution is 7.09. The van der Waals surface area contributed by atoms with E-state index in [4.69, 9.17) is 0 Å². The summed E-state index contributed by atoms with van der Waals surface area (Å²) in [5.41, 5.74) is 0.451. The van der Waals surface area contributed by atoms with Crippen LogP contribution in [0.1, 0.15) is 43.5 Å². The molecule has 1 saturated heterocycles. The Hall–Kier alpha value is -2.02. The van der Waals surface area contributed by atoms with Gasteiger partial charge in [0.05, 0.1) is 0 Å². The molecule has 1 atom stereocenters. The monoisotopic (exact) mass is 331 g/mol. The summed E-state index contributed by atoms with van der Waals surface area (Å²) in [6.07, 6.45) is 2.55. The largest absolute Gasteiger partial charge is 0.356 e. The van der Waals surface area contributed by atoms with Gasteiger partial charge in [0.15, 0.2) is 0 Å². The molecular formula is C16H21N5OS. The van der Waals surface area contributed by atoms with E-state index in [1.54, 1.807) is 12.3 Å². The molecule has 3 rings (SSSR count). The van der Waals surface area contributed by atoms with E-state index >= 15 is 0 Å². The molecule has 23 heavy (non-hydrogen) atoms. The number of carbonyl (C=O) groups is 1. The zero-order valence-electron chi connectivity index (χ0n) is 13.6. The van der Waals surface area contributed by atoms with Crippen LogP contribution >= 0.6 is 11.5 Å². The number of anilines is 1. The lowest BCUT2D eigenvalue weighted by atomic mass is 9.96. The number of nitrogens with zero attached hydrogens (tertiary/aromatic N) is 4. The second-order valence-electron chi connectivity index (χ2n) is 6.77. The molecule has 1 N–H and O–H groups in total. The first-order valence-electron chi connectivity index (χ1n) is 7.74. The second-order valence-corrected chi connectivity index (χ2v) is 7.52. The molecule has 0 spiro atoms. The molecule has 2 aromatic rings. The quantitative estimate of drug-likeness (QED) is 0.936. The summed E-state index contributed by atoms with van der Waals surface area (Å²) in [5.74, 6) is 0.840. The van der Waals surface area contributed by atoms with Crippen molar-refractivity contribution in [3.63, 3.8) is 0 Å². The number of hydrogen-bond acceptors (Lipinski definition) is 6. The van der Waals surface area contributed by atoms with Crippen molar-refractivity contribution in [3.8, 4) is 0 Å². The van der Waals surface area contributed by atoms with Crippen molar-refractivity contribution in [2.45, 2.75) is 38.6 Å². The fraction of sp³-hybridized carbons (Fsp3) is 0.500. The Bertz CT molecular complexity index is 679.